The number of H-pyrrole nitrogens is 1. The number of benzene rings is 1. The van der Waals surface area contributed by atoms with Gasteiger partial charge in [0.1, 0.15) is 18.1 Å². The van der Waals surface area contributed by atoms with Crippen LogP contribution in [0.2, 0.25) is 0 Å². The summed E-state index contributed by atoms with van der Waals surface area (Å²) in [4.78, 5) is 58.3. The average Bonchev–Trinajstić information content (AvgIpc) is 3.50. The van der Waals surface area contributed by atoms with E-state index in [1.807, 2.05) is 30.3 Å². The molecule has 4 unspecified atom stereocenters. The number of rotatable bonds is 10. The molecule has 1 aliphatic heterocycles. The van der Waals surface area contributed by atoms with E-state index < -0.39 is 42.0 Å². The van der Waals surface area contributed by atoms with Crippen molar-refractivity contribution in [3.05, 3.63) is 54.1 Å². The second-order valence-electron chi connectivity index (χ2n) is 8.40. The van der Waals surface area contributed by atoms with Crippen LogP contribution in [0, 0.1) is 0 Å². The second-order valence-corrected chi connectivity index (χ2v) is 8.40. The molecule has 1 aliphatic rings. The minimum Gasteiger partial charge on any atom is -0.480 e. The first-order valence-electron chi connectivity index (χ1n) is 11.2. The number of aliphatic carboxylic acids is 1. The molecule has 0 aliphatic carbocycles. The number of hydrogen-bond acceptors (Lipinski definition) is 6. The van der Waals surface area contributed by atoms with Gasteiger partial charge in [-0.25, -0.2) is 4.98 Å². The molecule has 0 bridgehead atoms. The van der Waals surface area contributed by atoms with Crippen LogP contribution in [0.5, 0.6) is 0 Å². The molecule has 1 fully saturated rings. The van der Waals surface area contributed by atoms with Gasteiger partial charge in [0, 0.05) is 24.9 Å². The molecule has 11 nitrogen and oxygen atoms in total. The lowest BCUT2D eigenvalue weighted by Gasteiger charge is -2.28. The number of carboxylic acids is 1. The van der Waals surface area contributed by atoms with E-state index in [1.165, 1.54) is 24.3 Å². The minimum atomic E-state index is -1.19. The smallest absolute Gasteiger partial charge is 0.325 e. The maximum absolute atomic E-state index is 13.1. The number of imidazole rings is 1. The standard InChI is InChI=1S/C23H30N6O5/c1-14(23(33)34)27-20(30)18(11-16-12-25-13-26-16)28-21(31)19-8-5-9-29(19)22(32)17(24)10-15-6-3-2-4-7-15/h2-4,6-7,12-14,17-19H,5,8-11,24H2,1H3,(H,25,26)(H,27,30)(H,28,31)(H,33,34). The highest BCUT2D eigenvalue weighted by Gasteiger charge is 2.37. The number of aromatic nitrogens is 2. The summed E-state index contributed by atoms with van der Waals surface area (Å²) in [5.74, 6) is -2.65. The monoisotopic (exact) mass is 470 g/mol. The molecule has 2 aromatic rings. The van der Waals surface area contributed by atoms with Crippen molar-refractivity contribution < 1.29 is 24.3 Å². The van der Waals surface area contributed by atoms with Gasteiger partial charge in [-0.3, -0.25) is 19.2 Å². The van der Waals surface area contributed by atoms with Gasteiger partial charge in [-0.1, -0.05) is 30.3 Å². The molecule has 0 radical (unpaired) electrons. The predicted molar refractivity (Wildman–Crippen MR) is 122 cm³/mol. The molecule has 1 aromatic carbocycles. The Bertz CT molecular complexity index is 997. The Kier molecular flexibility index (Phi) is 8.36. The van der Waals surface area contributed by atoms with Gasteiger partial charge in [0.2, 0.25) is 17.7 Å². The molecule has 6 N–H and O–H groups in total. The molecule has 34 heavy (non-hydrogen) atoms. The van der Waals surface area contributed by atoms with Crippen LogP contribution in [0.3, 0.4) is 0 Å². The highest BCUT2D eigenvalue weighted by Crippen LogP contribution is 2.19. The van der Waals surface area contributed by atoms with E-state index in [-0.39, 0.29) is 12.3 Å². The van der Waals surface area contributed by atoms with Crippen molar-refractivity contribution in [1.82, 2.24) is 25.5 Å². The molecule has 0 spiro atoms. The molecule has 1 aromatic heterocycles. The molecule has 0 saturated carbocycles. The summed E-state index contributed by atoms with van der Waals surface area (Å²) < 4.78 is 0. The Hall–Kier alpha value is -3.73. The number of aromatic amines is 1. The fourth-order valence-electron chi connectivity index (χ4n) is 3.94. The molecule has 11 heteroatoms. The third kappa shape index (κ3) is 6.41. The predicted octanol–water partition coefficient (Wildman–Crippen LogP) is -0.413. The normalized spacial score (nSPS) is 18.1. The van der Waals surface area contributed by atoms with Crippen LogP contribution in [0.4, 0.5) is 0 Å². The van der Waals surface area contributed by atoms with E-state index in [9.17, 15) is 19.2 Å². The molecular formula is C23H30N6O5. The van der Waals surface area contributed by atoms with Gasteiger partial charge < -0.3 is 31.4 Å². The van der Waals surface area contributed by atoms with Gasteiger partial charge in [-0.05, 0) is 31.7 Å². The van der Waals surface area contributed by atoms with Crippen LogP contribution in [0.25, 0.3) is 0 Å². The lowest BCUT2D eigenvalue weighted by molar-refractivity contribution is -0.142. The van der Waals surface area contributed by atoms with Gasteiger partial charge >= 0.3 is 5.97 Å². The third-order valence-electron chi connectivity index (χ3n) is 5.80. The van der Waals surface area contributed by atoms with Crippen LogP contribution in [-0.2, 0) is 32.0 Å². The van der Waals surface area contributed by atoms with Crippen molar-refractivity contribution in [2.75, 3.05) is 6.54 Å². The molecule has 4 atom stereocenters. The summed E-state index contributed by atoms with van der Waals surface area (Å²) in [5, 5.41) is 14.2. The Balaban J connectivity index is 1.68. The van der Waals surface area contributed by atoms with Gasteiger partial charge in [0.15, 0.2) is 0 Å². The third-order valence-corrected chi connectivity index (χ3v) is 5.80. The summed E-state index contributed by atoms with van der Waals surface area (Å²) in [6.07, 6.45) is 4.47. The number of amides is 3. The number of carbonyl (C=O) groups is 4. The van der Waals surface area contributed by atoms with Crippen molar-refractivity contribution in [3.8, 4) is 0 Å². The van der Waals surface area contributed by atoms with E-state index in [2.05, 4.69) is 20.6 Å². The number of likely N-dealkylation sites (tertiary alicyclic amines) is 1. The molecule has 1 saturated heterocycles. The van der Waals surface area contributed by atoms with E-state index >= 15 is 0 Å². The van der Waals surface area contributed by atoms with Crippen LogP contribution in [-0.4, -0.2) is 74.4 Å². The first-order valence-corrected chi connectivity index (χ1v) is 11.2. The molecular weight excluding hydrogens is 440 g/mol. The summed E-state index contributed by atoms with van der Waals surface area (Å²) >= 11 is 0. The van der Waals surface area contributed by atoms with Gasteiger partial charge in [0.05, 0.1) is 12.4 Å². The maximum atomic E-state index is 13.1. The van der Waals surface area contributed by atoms with E-state index in [1.54, 1.807) is 0 Å². The molecule has 3 amide bonds. The minimum absolute atomic E-state index is 0.0814. The number of carbonyl (C=O) groups excluding carboxylic acids is 3. The molecule has 2 heterocycles. The second kappa shape index (κ2) is 11.4. The molecule has 182 valence electrons. The fraction of sp³-hybridized carbons (Fsp3) is 0.435. The van der Waals surface area contributed by atoms with Crippen LogP contribution in [0.15, 0.2) is 42.9 Å². The zero-order valence-corrected chi connectivity index (χ0v) is 18.9. The largest absolute Gasteiger partial charge is 0.480 e. The number of nitrogens with zero attached hydrogens (tertiary/aromatic N) is 2. The Morgan fingerprint density at radius 3 is 2.59 bits per heavy atom. The highest BCUT2D eigenvalue weighted by molar-refractivity contribution is 5.94. The zero-order valence-electron chi connectivity index (χ0n) is 18.9. The SMILES string of the molecule is CC(NC(=O)C(Cc1cnc[nH]1)NC(=O)C1CCCN1C(=O)C(N)Cc1ccccc1)C(=O)O. The summed E-state index contributed by atoms with van der Waals surface area (Å²) in [6, 6.07) is 5.66. The van der Waals surface area contributed by atoms with Crippen molar-refractivity contribution >= 4 is 23.7 Å². The summed E-state index contributed by atoms with van der Waals surface area (Å²) in [6.45, 7) is 1.73. The average molecular weight is 471 g/mol. The van der Waals surface area contributed by atoms with Crippen LogP contribution >= 0.6 is 0 Å². The highest BCUT2D eigenvalue weighted by atomic mass is 16.4. The van der Waals surface area contributed by atoms with Gasteiger partial charge in [0.25, 0.3) is 0 Å². The lowest BCUT2D eigenvalue weighted by atomic mass is 10.0. The Labute approximate surface area is 197 Å². The number of nitrogens with two attached hydrogens (primary N) is 1. The van der Waals surface area contributed by atoms with Crippen LogP contribution in [0.1, 0.15) is 31.0 Å². The summed E-state index contributed by atoms with van der Waals surface area (Å²) in [5.41, 5.74) is 7.67. The number of hydrogen-bond donors (Lipinski definition) is 5. The Morgan fingerprint density at radius 2 is 1.94 bits per heavy atom. The van der Waals surface area contributed by atoms with Crippen molar-refractivity contribution in [2.45, 2.75) is 56.8 Å². The lowest BCUT2D eigenvalue weighted by Crippen LogP contribution is -2.57. The van der Waals surface area contributed by atoms with Gasteiger partial charge in [-0.2, -0.15) is 0 Å². The number of nitrogens with one attached hydrogen (secondary N) is 3. The zero-order chi connectivity index (χ0) is 24.7. The van der Waals surface area contributed by atoms with E-state index in [4.69, 9.17) is 10.8 Å². The summed E-state index contributed by atoms with van der Waals surface area (Å²) in [7, 11) is 0. The fourth-order valence-corrected chi connectivity index (χ4v) is 3.94. The van der Waals surface area contributed by atoms with Crippen molar-refractivity contribution in [2.24, 2.45) is 5.73 Å². The quantitative estimate of drug-likeness (QED) is 0.314. The van der Waals surface area contributed by atoms with Gasteiger partial charge in [-0.15, -0.1) is 0 Å². The maximum Gasteiger partial charge on any atom is 0.325 e. The number of carboxylic acid groups (broad SMARTS) is 1. The van der Waals surface area contributed by atoms with E-state index in [0.29, 0.717) is 31.5 Å². The van der Waals surface area contributed by atoms with Crippen molar-refractivity contribution in [3.63, 3.8) is 0 Å². The Morgan fingerprint density at radius 1 is 1.21 bits per heavy atom. The first kappa shape index (κ1) is 24.9. The first-order chi connectivity index (χ1) is 16.3. The topological polar surface area (TPSA) is 171 Å². The van der Waals surface area contributed by atoms with E-state index in [0.717, 1.165) is 5.56 Å². The van der Waals surface area contributed by atoms with Crippen molar-refractivity contribution in [1.29, 1.82) is 0 Å². The van der Waals surface area contributed by atoms with Crippen LogP contribution < -0.4 is 16.4 Å². The molecule has 3 rings (SSSR count).